The topological polar surface area (TPSA) is 75.3 Å². The first-order chi connectivity index (χ1) is 7.66. The van der Waals surface area contributed by atoms with Gasteiger partial charge in [-0.1, -0.05) is 6.07 Å². The Kier molecular flexibility index (Phi) is 2.59. The average molecular weight is 218 g/mol. The van der Waals surface area contributed by atoms with E-state index < -0.39 is 5.97 Å². The number of imidazole rings is 1. The van der Waals surface area contributed by atoms with Gasteiger partial charge >= 0.3 is 5.97 Å². The van der Waals surface area contributed by atoms with Crippen LogP contribution >= 0.6 is 0 Å². The largest absolute Gasteiger partial charge is 0.508 e. The number of hydrogen-bond acceptors (Lipinski definition) is 3. The molecule has 5 nitrogen and oxygen atoms in total. The summed E-state index contributed by atoms with van der Waals surface area (Å²) in [6.45, 7) is 0. The molecule has 0 aliphatic heterocycles. The van der Waals surface area contributed by atoms with Gasteiger partial charge in [-0.05, 0) is 12.1 Å². The molecule has 16 heavy (non-hydrogen) atoms. The van der Waals surface area contributed by atoms with Gasteiger partial charge in [0, 0.05) is 12.3 Å². The SMILES string of the molecule is O=C(O)Cc1cncn1-c1cccc(O)c1. The molecule has 1 aromatic carbocycles. The molecule has 0 saturated heterocycles. The molecule has 0 amide bonds. The quantitative estimate of drug-likeness (QED) is 0.811. The molecule has 0 spiro atoms. The number of carboxylic acids is 1. The Balaban J connectivity index is 2.40. The van der Waals surface area contributed by atoms with Crippen LogP contribution in [0.2, 0.25) is 0 Å². The Hall–Kier alpha value is -2.30. The molecule has 2 rings (SSSR count). The van der Waals surface area contributed by atoms with E-state index in [2.05, 4.69) is 4.98 Å². The van der Waals surface area contributed by atoms with E-state index in [1.54, 1.807) is 28.8 Å². The smallest absolute Gasteiger partial charge is 0.309 e. The van der Waals surface area contributed by atoms with Gasteiger partial charge in [-0.25, -0.2) is 4.98 Å². The maximum atomic E-state index is 10.6. The molecule has 0 aliphatic carbocycles. The minimum atomic E-state index is -0.915. The summed E-state index contributed by atoms with van der Waals surface area (Å²) in [5, 5.41) is 18.1. The number of aliphatic carboxylic acids is 1. The van der Waals surface area contributed by atoms with Crippen LogP contribution in [-0.4, -0.2) is 25.7 Å². The Morgan fingerprint density at radius 3 is 2.94 bits per heavy atom. The zero-order valence-electron chi connectivity index (χ0n) is 8.37. The van der Waals surface area contributed by atoms with Crippen LogP contribution in [0.25, 0.3) is 5.69 Å². The monoisotopic (exact) mass is 218 g/mol. The highest BCUT2D eigenvalue weighted by Gasteiger charge is 2.08. The lowest BCUT2D eigenvalue weighted by Crippen LogP contribution is -2.05. The van der Waals surface area contributed by atoms with Gasteiger partial charge in [0.1, 0.15) is 5.75 Å². The highest BCUT2D eigenvalue weighted by molar-refractivity contribution is 5.69. The standard InChI is InChI=1S/C11H10N2O3/c14-10-3-1-2-8(4-10)13-7-12-6-9(13)5-11(15)16/h1-4,6-7,14H,5H2,(H,15,16). The molecule has 0 aliphatic rings. The van der Waals surface area contributed by atoms with Crippen molar-refractivity contribution in [2.75, 3.05) is 0 Å². The van der Waals surface area contributed by atoms with E-state index in [-0.39, 0.29) is 12.2 Å². The minimum absolute atomic E-state index is 0.102. The number of phenols is 1. The number of phenolic OH excluding ortho intramolecular Hbond substituents is 1. The van der Waals surface area contributed by atoms with Crippen molar-refractivity contribution in [2.24, 2.45) is 0 Å². The summed E-state index contributed by atoms with van der Waals surface area (Å²) < 4.78 is 1.63. The molecule has 0 saturated carbocycles. The maximum absolute atomic E-state index is 10.6. The van der Waals surface area contributed by atoms with Crippen molar-refractivity contribution in [1.82, 2.24) is 9.55 Å². The van der Waals surface area contributed by atoms with E-state index >= 15 is 0 Å². The van der Waals surface area contributed by atoms with E-state index in [0.29, 0.717) is 11.4 Å². The van der Waals surface area contributed by atoms with Crippen molar-refractivity contribution in [3.63, 3.8) is 0 Å². The lowest BCUT2D eigenvalue weighted by atomic mass is 10.2. The first-order valence-electron chi connectivity index (χ1n) is 4.69. The molecule has 2 aromatic rings. The number of hydrogen-bond donors (Lipinski definition) is 2. The van der Waals surface area contributed by atoms with Crippen LogP contribution in [0.4, 0.5) is 0 Å². The minimum Gasteiger partial charge on any atom is -0.508 e. The molecule has 0 radical (unpaired) electrons. The highest BCUT2D eigenvalue weighted by Crippen LogP contribution is 2.17. The fourth-order valence-electron chi connectivity index (χ4n) is 1.48. The summed E-state index contributed by atoms with van der Waals surface area (Å²) in [4.78, 5) is 14.5. The van der Waals surface area contributed by atoms with Gasteiger partial charge in [-0.3, -0.25) is 4.79 Å². The third-order valence-corrected chi connectivity index (χ3v) is 2.16. The van der Waals surface area contributed by atoms with Crippen molar-refractivity contribution in [3.8, 4) is 11.4 Å². The van der Waals surface area contributed by atoms with Crippen molar-refractivity contribution in [3.05, 3.63) is 42.5 Å². The van der Waals surface area contributed by atoms with E-state index in [0.717, 1.165) is 0 Å². The summed E-state index contributed by atoms with van der Waals surface area (Å²) in [6, 6.07) is 6.56. The lowest BCUT2D eigenvalue weighted by molar-refractivity contribution is -0.136. The zero-order chi connectivity index (χ0) is 11.5. The summed E-state index contributed by atoms with van der Waals surface area (Å²) in [5.74, 6) is -0.783. The van der Waals surface area contributed by atoms with Crippen LogP contribution in [0.1, 0.15) is 5.69 Å². The molecule has 0 atom stereocenters. The average Bonchev–Trinajstić information content (AvgIpc) is 2.65. The molecule has 0 fully saturated rings. The normalized spacial score (nSPS) is 10.2. The summed E-state index contributed by atoms with van der Waals surface area (Å²) in [5.41, 5.74) is 1.26. The molecular formula is C11H10N2O3. The molecule has 1 aromatic heterocycles. The maximum Gasteiger partial charge on any atom is 0.309 e. The summed E-state index contributed by atoms with van der Waals surface area (Å²) in [6.07, 6.45) is 2.92. The fraction of sp³-hybridized carbons (Fsp3) is 0.0909. The highest BCUT2D eigenvalue weighted by atomic mass is 16.4. The molecule has 0 unspecified atom stereocenters. The predicted octanol–water partition coefficient (Wildman–Crippen LogP) is 1.21. The second-order valence-corrected chi connectivity index (χ2v) is 3.35. The van der Waals surface area contributed by atoms with Gasteiger partial charge in [0.15, 0.2) is 0 Å². The predicted molar refractivity (Wildman–Crippen MR) is 56.6 cm³/mol. The van der Waals surface area contributed by atoms with E-state index in [1.807, 2.05) is 0 Å². The number of rotatable bonds is 3. The van der Waals surface area contributed by atoms with Crippen LogP contribution in [0.15, 0.2) is 36.8 Å². The van der Waals surface area contributed by atoms with Crippen molar-refractivity contribution in [2.45, 2.75) is 6.42 Å². The van der Waals surface area contributed by atoms with E-state index in [4.69, 9.17) is 5.11 Å². The van der Waals surface area contributed by atoms with Gasteiger partial charge in [0.25, 0.3) is 0 Å². The number of aromatic hydroxyl groups is 1. The number of carboxylic acid groups (broad SMARTS) is 1. The van der Waals surface area contributed by atoms with Gasteiger partial charge in [-0.2, -0.15) is 0 Å². The molecular weight excluding hydrogens is 208 g/mol. The third-order valence-electron chi connectivity index (χ3n) is 2.16. The van der Waals surface area contributed by atoms with Crippen LogP contribution in [0, 0.1) is 0 Å². The first-order valence-corrected chi connectivity index (χ1v) is 4.69. The van der Waals surface area contributed by atoms with E-state index in [9.17, 15) is 9.90 Å². The Labute approximate surface area is 91.6 Å². The van der Waals surface area contributed by atoms with Gasteiger partial charge in [-0.15, -0.1) is 0 Å². The van der Waals surface area contributed by atoms with Gasteiger partial charge in [0.05, 0.1) is 24.1 Å². The number of aromatic nitrogens is 2. The second-order valence-electron chi connectivity index (χ2n) is 3.35. The zero-order valence-corrected chi connectivity index (χ0v) is 8.37. The van der Waals surface area contributed by atoms with Crippen molar-refractivity contribution in [1.29, 1.82) is 0 Å². The summed E-state index contributed by atoms with van der Waals surface area (Å²) >= 11 is 0. The van der Waals surface area contributed by atoms with Crippen LogP contribution in [-0.2, 0) is 11.2 Å². The number of carbonyl (C=O) groups is 1. The van der Waals surface area contributed by atoms with Gasteiger partial charge in [0.2, 0.25) is 0 Å². The van der Waals surface area contributed by atoms with Crippen LogP contribution < -0.4 is 0 Å². The molecule has 0 bridgehead atoms. The summed E-state index contributed by atoms with van der Waals surface area (Å²) in [7, 11) is 0. The Morgan fingerprint density at radius 1 is 1.44 bits per heavy atom. The Morgan fingerprint density at radius 2 is 2.25 bits per heavy atom. The number of nitrogens with zero attached hydrogens (tertiary/aromatic N) is 2. The van der Waals surface area contributed by atoms with Crippen molar-refractivity contribution >= 4 is 5.97 Å². The molecule has 5 heteroatoms. The second kappa shape index (κ2) is 4.06. The third kappa shape index (κ3) is 2.03. The molecule has 82 valence electrons. The van der Waals surface area contributed by atoms with E-state index in [1.165, 1.54) is 12.5 Å². The first kappa shape index (κ1) is 10.2. The lowest BCUT2D eigenvalue weighted by Gasteiger charge is -2.06. The fourth-order valence-corrected chi connectivity index (χ4v) is 1.48. The van der Waals surface area contributed by atoms with Crippen molar-refractivity contribution < 1.29 is 15.0 Å². The van der Waals surface area contributed by atoms with Gasteiger partial charge < -0.3 is 14.8 Å². The number of benzene rings is 1. The molecule has 2 N–H and O–H groups in total. The van der Waals surface area contributed by atoms with Crippen LogP contribution in [0.3, 0.4) is 0 Å². The Bertz CT molecular complexity index is 519. The molecule has 1 heterocycles. The van der Waals surface area contributed by atoms with Crippen LogP contribution in [0.5, 0.6) is 5.75 Å².